The zero-order valence-corrected chi connectivity index (χ0v) is 28.0. The summed E-state index contributed by atoms with van der Waals surface area (Å²) in [5.41, 5.74) is 0. The van der Waals surface area contributed by atoms with Crippen LogP contribution in [0.15, 0.2) is 19.5 Å². The van der Waals surface area contributed by atoms with Crippen molar-refractivity contribution in [3.63, 3.8) is 0 Å². The van der Waals surface area contributed by atoms with Gasteiger partial charge in [0.15, 0.2) is 9.48 Å². The van der Waals surface area contributed by atoms with Gasteiger partial charge in [-0.15, -0.1) is 5.10 Å². The molecule has 0 bridgehead atoms. The Morgan fingerprint density at radius 1 is 0.935 bits per heavy atom. The van der Waals surface area contributed by atoms with Crippen LogP contribution in [0.5, 0.6) is 0 Å². The molecule has 0 fully saturated rings. The van der Waals surface area contributed by atoms with Crippen molar-refractivity contribution in [3.05, 3.63) is 9.47 Å². The zero-order chi connectivity index (χ0) is 24.1. The Morgan fingerprint density at radius 2 is 1.48 bits per heavy atom. The van der Waals surface area contributed by atoms with Crippen LogP contribution in [0, 0.1) is 0 Å². The van der Waals surface area contributed by atoms with Gasteiger partial charge < -0.3 is 9.47 Å². The van der Waals surface area contributed by atoms with Gasteiger partial charge in [0.2, 0.25) is 4.73 Å². The first-order valence-electron chi connectivity index (χ1n) is 9.64. The third-order valence-electron chi connectivity index (χ3n) is 3.44. The molecule has 0 amide bonds. The SMILES string of the molecule is BrC1=NC(Br)=NC1.C[Si](C)(C)CCOCCl.C[Si](C)(C)CCOCn1nc(Br)nc1Br. The number of hydrogen-bond donors (Lipinski definition) is 0. The molecule has 1 aliphatic heterocycles. The van der Waals surface area contributed by atoms with Gasteiger partial charge in [0.05, 0.1) is 6.54 Å². The number of rotatable bonds is 9. The molecule has 0 unspecified atom stereocenters. The Hall–Kier alpha value is 1.04. The average molecular weight is 750 g/mol. The molecule has 0 aromatic carbocycles. The van der Waals surface area contributed by atoms with Gasteiger partial charge in [-0.25, -0.2) is 9.67 Å². The Morgan fingerprint density at radius 3 is 1.81 bits per heavy atom. The molecule has 2 rings (SSSR count). The van der Waals surface area contributed by atoms with Gasteiger partial charge in [0.1, 0.15) is 17.4 Å². The zero-order valence-electron chi connectivity index (χ0n) is 18.9. The molecule has 0 atom stereocenters. The van der Waals surface area contributed by atoms with E-state index >= 15 is 0 Å². The minimum Gasteiger partial charge on any atom is -0.366 e. The molecular formula is C17H32Br4ClN5O2Si2. The summed E-state index contributed by atoms with van der Waals surface area (Å²) in [6, 6.07) is 2.71. The normalized spacial score (nSPS) is 13.6. The van der Waals surface area contributed by atoms with Gasteiger partial charge in [-0.3, -0.25) is 4.99 Å². The first-order valence-corrected chi connectivity index (χ1v) is 20.8. The summed E-state index contributed by atoms with van der Waals surface area (Å²) >= 11 is 18.1. The number of alkyl halides is 1. The maximum Gasteiger partial charge on any atom is 0.218 e. The van der Waals surface area contributed by atoms with Crippen molar-refractivity contribution < 1.29 is 9.47 Å². The Bertz CT molecular complexity index is 710. The summed E-state index contributed by atoms with van der Waals surface area (Å²) < 4.78 is 15.0. The Labute approximate surface area is 226 Å². The second-order valence-electron chi connectivity index (χ2n) is 8.90. The van der Waals surface area contributed by atoms with E-state index in [1.807, 2.05) is 0 Å². The highest BCUT2D eigenvalue weighted by atomic mass is 79.9. The smallest absolute Gasteiger partial charge is 0.218 e. The van der Waals surface area contributed by atoms with E-state index in [-0.39, 0.29) is 0 Å². The summed E-state index contributed by atoms with van der Waals surface area (Å²) in [6.07, 6.45) is 0. The van der Waals surface area contributed by atoms with Crippen LogP contribution in [0.4, 0.5) is 0 Å². The number of aliphatic imine (C=N–C) groups is 2. The van der Waals surface area contributed by atoms with Crippen molar-refractivity contribution in [2.75, 3.05) is 25.8 Å². The van der Waals surface area contributed by atoms with Crippen LogP contribution < -0.4 is 0 Å². The van der Waals surface area contributed by atoms with Crippen molar-refractivity contribution in [2.45, 2.75) is 58.1 Å². The summed E-state index contributed by atoms with van der Waals surface area (Å²) in [5, 5.41) is 4.11. The number of aromatic nitrogens is 3. The molecule has 31 heavy (non-hydrogen) atoms. The lowest BCUT2D eigenvalue weighted by Crippen LogP contribution is -2.22. The molecule has 0 aliphatic carbocycles. The fourth-order valence-corrected chi connectivity index (χ4v) is 5.08. The lowest BCUT2D eigenvalue weighted by Gasteiger charge is -2.15. The lowest BCUT2D eigenvalue weighted by atomic mass is 10.8. The molecule has 0 N–H and O–H groups in total. The summed E-state index contributed by atoms with van der Waals surface area (Å²) in [7, 11) is -1.87. The first-order chi connectivity index (χ1) is 14.2. The van der Waals surface area contributed by atoms with Crippen LogP contribution in [0.25, 0.3) is 0 Å². The molecule has 14 heteroatoms. The molecule has 1 aromatic heterocycles. The van der Waals surface area contributed by atoms with Crippen molar-refractivity contribution in [1.82, 2.24) is 14.8 Å². The number of nitrogens with zero attached hydrogens (tertiary/aromatic N) is 5. The highest BCUT2D eigenvalue weighted by molar-refractivity contribution is 9.19. The summed E-state index contributed by atoms with van der Waals surface area (Å²) in [4.78, 5) is 11.8. The van der Waals surface area contributed by atoms with E-state index in [2.05, 4.69) is 123 Å². The molecule has 1 aromatic rings. The van der Waals surface area contributed by atoms with E-state index in [1.165, 1.54) is 12.1 Å². The van der Waals surface area contributed by atoms with E-state index in [9.17, 15) is 0 Å². The van der Waals surface area contributed by atoms with Gasteiger partial charge in [0, 0.05) is 29.4 Å². The number of amidine groups is 1. The largest absolute Gasteiger partial charge is 0.366 e. The van der Waals surface area contributed by atoms with Crippen LogP contribution in [-0.4, -0.2) is 66.1 Å². The van der Waals surface area contributed by atoms with E-state index in [1.54, 1.807) is 4.68 Å². The molecule has 1 aliphatic rings. The molecule has 2 heterocycles. The second kappa shape index (κ2) is 16.6. The van der Waals surface area contributed by atoms with Crippen molar-refractivity contribution in [3.8, 4) is 0 Å². The molecule has 7 nitrogen and oxygen atoms in total. The molecule has 0 radical (unpaired) electrons. The summed E-state index contributed by atoms with van der Waals surface area (Å²) in [6.45, 7) is 16.7. The van der Waals surface area contributed by atoms with Crippen LogP contribution in [0.1, 0.15) is 0 Å². The maximum absolute atomic E-state index is 5.53. The second-order valence-corrected chi connectivity index (χ2v) is 23.4. The van der Waals surface area contributed by atoms with Crippen LogP contribution in [-0.2, 0) is 16.2 Å². The monoisotopic (exact) mass is 745 g/mol. The van der Waals surface area contributed by atoms with Crippen LogP contribution in [0.3, 0.4) is 0 Å². The maximum atomic E-state index is 5.53. The topological polar surface area (TPSA) is 73.9 Å². The summed E-state index contributed by atoms with van der Waals surface area (Å²) in [5.74, 6) is 0. The van der Waals surface area contributed by atoms with Gasteiger partial charge in [-0.2, -0.15) is 4.98 Å². The lowest BCUT2D eigenvalue weighted by molar-refractivity contribution is 0.0764. The predicted molar refractivity (Wildman–Crippen MR) is 152 cm³/mol. The fraction of sp³-hybridized carbons (Fsp3) is 0.765. The number of hydrogen-bond acceptors (Lipinski definition) is 6. The van der Waals surface area contributed by atoms with E-state index in [0.717, 1.165) is 17.8 Å². The van der Waals surface area contributed by atoms with Crippen LogP contribution in [0.2, 0.25) is 51.4 Å². The van der Waals surface area contributed by atoms with Crippen molar-refractivity contribution in [2.24, 2.45) is 9.98 Å². The van der Waals surface area contributed by atoms with E-state index in [0.29, 0.717) is 33.6 Å². The highest BCUT2D eigenvalue weighted by Gasteiger charge is 2.13. The highest BCUT2D eigenvalue weighted by Crippen LogP contribution is 2.12. The minimum atomic E-state index is -0.995. The predicted octanol–water partition coefficient (Wildman–Crippen LogP) is 7.20. The number of ether oxygens (including phenoxy) is 2. The van der Waals surface area contributed by atoms with E-state index < -0.39 is 16.1 Å². The third-order valence-corrected chi connectivity index (χ3v) is 8.78. The van der Waals surface area contributed by atoms with Gasteiger partial charge in [0.25, 0.3) is 0 Å². The van der Waals surface area contributed by atoms with Crippen molar-refractivity contribution in [1.29, 1.82) is 0 Å². The number of halogens is 5. The molecular weight excluding hydrogens is 717 g/mol. The van der Waals surface area contributed by atoms with E-state index in [4.69, 9.17) is 21.1 Å². The molecule has 180 valence electrons. The first kappa shape index (κ1) is 32.0. The van der Waals surface area contributed by atoms with Crippen molar-refractivity contribution >= 4 is 101 Å². The van der Waals surface area contributed by atoms with Gasteiger partial charge >= 0.3 is 0 Å². The quantitative estimate of drug-likeness (QED) is 0.116. The van der Waals surface area contributed by atoms with Gasteiger partial charge in [-0.05, 0) is 75.8 Å². The molecule has 0 saturated heterocycles. The minimum absolute atomic E-state index is 0.338. The third kappa shape index (κ3) is 20.2. The standard InChI is InChI=1S/C8H15Br2N3OSi.C6H15ClOSi.C3H2Br2N2/c1-15(2,3)5-4-14-6-13-8(10)11-7(9)12-13;1-9(2,3)5-4-8-6-7;4-2-1-6-3(5)7-2/h4-6H2,1-3H3;4-6H2,1-3H3;1H2. The molecule has 0 saturated carbocycles. The Balaban J connectivity index is 0.000000478. The molecule has 0 spiro atoms. The average Bonchev–Trinajstić information content (AvgIpc) is 3.14. The van der Waals surface area contributed by atoms with Gasteiger partial charge in [-0.1, -0.05) is 50.9 Å². The fourth-order valence-electron chi connectivity index (χ4n) is 1.64. The Kier molecular flexibility index (Phi) is 17.2. The van der Waals surface area contributed by atoms with Crippen LogP contribution >= 0.6 is 75.3 Å².